The molecular formula is C12H17N3O2. The molecule has 5 nitrogen and oxygen atoms in total. The third-order valence-corrected chi connectivity index (χ3v) is 2.75. The van der Waals surface area contributed by atoms with Gasteiger partial charge in [-0.3, -0.25) is 4.90 Å². The first-order valence-electron chi connectivity index (χ1n) is 5.68. The lowest BCUT2D eigenvalue weighted by Crippen LogP contribution is -2.29. The van der Waals surface area contributed by atoms with Crippen LogP contribution in [0.3, 0.4) is 0 Å². The van der Waals surface area contributed by atoms with E-state index in [0.717, 1.165) is 24.5 Å². The number of amides is 2. The molecule has 0 aliphatic carbocycles. The summed E-state index contributed by atoms with van der Waals surface area (Å²) in [6.45, 7) is 2.50. The number of benzene rings is 1. The van der Waals surface area contributed by atoms with Crippen molar-refractivity contribution in [3.63, 3.8) is 0 Å². The molecule has 0 saturated carbocycles. The van der Waals surface area contributed by atoms with Crippen molar-refractivity contribution in [1.82, 2.24) is 4.90 Å². The van der Waals surface area contributed by atoms with Gasteiger partial charge >= 0.3 is 6.03 Å². The van der Waals surface area contributed by atoms with E-state index in [-0.39, 0.29) is 6.03 Å². The third-order valence-electron chi connectivity index (χ3n) is 2.75. The molecule has 1 fully saturated rings. The van der Waals surface area contributed by atoms with Gasteiger partial charge < -0.3 is 15.4 Å². The SMILES string of the molecule is CN1CCN(c2ccc(OCCN)cc2)C1=O. The average molecular weight is 235 g/mol. The molecular weight excluding hydrogens is 218 g/mol. The van der Waals surface area contributed by atoms with Crippen LogP contribution >= 0.6 is 0 Å². The molecule has 0 spiro atoms. The van der Waals surface area contributed by atoms with E-state index >= 15 is 0 Å². The highest BCUT2D eigenvalue weighted by molar-refractivity contribution is 5.93. The zero-order chi connectivity index (χ0) is 12.3. The minimum atomic E-state index is 0.0422. The lowest BCUT2D eigenvalue weighted by atomic mass is 10.3. The first-order valence-corrected chi connectivity index (χ1v) is 5.68. The van der Waals surface area contributed by atoms with Gasteiger partial charge in [0, 0.05) is 32.4 Å². The molecule has 1 heterocycles. The van der Waals surface area contributed by atoms with Gasteiger partial charge in [0.05, 0.1) is 0 Å². The van der Waals surface area contributed by atoms with E-state index in [4.69, 9.17) is 10.5 Å². The predicted octanol–water partition coefficient (Wildman–Crippen LogP) is 0.896. The second kappa shape index (κ2) is 5.05. The first kappa shape index (κ1) is 11.7. The number of ether oxygens (including phenoxy) is 1. The Balaban J connectivity index is 2.05. The van der Waals surface area contributed by atoms with Crippen molar-refractivity contribution in [3.8, 4) is 5.75 Å². The van der Waals surface area contributed by atoms with E-state index in [2.05, 4.69) is 0 Å². The van der Waals surface area contributed by atoms with Crippen LogP contribution in [0, 0.1) is 0 Å². The minimum Gasteiger partial charge on any atom is -0.492 e. The molecule has 92 valence electrons. The molecule has 0 unspecified atom stereocenters. The van der Waals surface area contributed by atoms with E-state index in [9.17, 15) is 4.79 Å². The highest BCUT2D eigenvalue weighted by Crippen LogP contribution is 2.22. The Morgan fingerprint density at radius 2 is 2.00 bits per heavy atom. The van der Waals surface area contributed by atoms with Crippen molar-refractivity contribution in [2.24, 2.45) is 5.73 Å². The molecule has 0 bridgehead atoms. The van der Waals surface area contributed by atoms with Crippen LogP contribution in [0.25, 0.3) is 0 Å². The van der Waals surface area contributed by atoms with Gasteiger partial charge in [-0.25, -0.2) is 4.79 Å². The lowest BCUT2D eigenvalue weighted by molar-refractivity contribution is 0.229. The molecule has 2 rings (SSSR count). The molecule has 2 amide bonds. The Labute approximate surface area is 101 Å². The number of nitrogens with zero attached hydrogens (tertiary/aromatic N) is 2. The summed E-state index contributed by atoms with van der Waals surface area (Å²) in [6.07, 6.45) is 0. The Morgan fingerprint density at radius 1 is 1.29 bits per heavy atom. The molecule has 0 radical (unpaired) electrons. The number of hydrogen-bond acceptors (Lipinski definition) is 3. The van der Waals surface area contributed by atoms with Crippen molar-refractivity contribution in [1.29, 1.82) is 0 Å². The molecule has 0 atom stereocenters. The molecule has 17 heavy (non-hydrogen) atoms. The fourth-order valence-electron chi connectivity index (χ4n) is 1.79. The van der Waals surface area contributed by atoms with Crippen LogP contribution in [0.5, 0.6) is 5.75 Å². The van der Waals surface area contributed by atoms with Gasteiger partial charge in [0.2, 0.25) is 0 Å². The summed E-state index contributed by atoms with van der Waals surface area (Å²) in [5.41, 5.74) is 6.26. The van der Waals surface area contributed by atoms with Crippen LogP contribution in [-0.2, 0) is 0 Å². The Morgan fingerprint density at radius 3 is 2.53 bits per heavy atom. The van der Waals surface area contributed by atoms with Gasteiger partial charge in [-0.2, -0.15) is 0 Å². The number of urea groups is 1. The van der Waals surface area contributed by atoms with Crippen molar-refractivity contribution in [2.75, 3.05) is 38.2 Å². The maximum absolute atomic E-state index is 11.8. The number of nitrogens with two attached hydrogens (primary N) is 1. The number of hydrogen-bond donors (Lipinski definition) is 1. The molecule has 0 aromatic heterocycles. The minimum absolute atomic E-state index is 0.0422. The molecule has 1 aliphatic rings. The Bertz CT molecular complexity index is 391. The van der Waals surface area contributed by atoms with E-state index in [1.807, 2.05) is 24.3 Å². The molecule has 1 aromatic carbocycles. The maximum atomic E-state index is 11.8. The maximum Gasteiger partial charge on any atom is 0.324 e. The van der Waals surface area contributed by atoms with Crippen LogP contribution in [0.15, 0.2) is 24.3 Å². The zero-order valence-electron chi connectivity index (χ0n) is 9.93. The van der Waals surface area contributed by atoms with Crippen LogP contribution < -0.4 is 15.4 Å². The summed E-state index contributed by atoms with van der Waals surface area (Å²) < 4.78 is 5.38. The van der Waals surface area contributed by atoms with Crippen molar-refractivity contribution in [3.05, 3.63) is 24.3 Å². The summed E-state index contributed by atoms with van der Waals surface area (Å²) in [5.74, 6) is 0.777. The van der Waals surface area contributed by atoms with Gasteiger partial charge in [-0.05, 0) is 24.3 Å². The van der Waals surface area contributed by atoms with Gasteiger partial charge in [0.25, 0.3) is 0 Å². The van der Waals surface area contributed by atoms with Gasteiger partial charge in [-0.1, -0.05) is 0 Å². The highest BCUT2D eigenvalue weighted by Gasteiger charge is 2.26. The number of likely N-dealkylation sites (N-methyl/N-ethyl adjacent to an activating group) is 1. The third kappa shape index (κ3) is 2.50. The number of anilines is 1. The van der Waals surface area contributed by atoms with Gasteiger partial charge in [-0.15, -0.1) is 0 Å². The van der Waals surface area contributed by atoms with E-state index in [1.54, 1.807) is 16.8 Å². The zero-order valence-corrected chi connectivity index (χ0v) is 9.93. The van der Waals surface area contributed by atoms with E-state index in [1.165, 1.54) is 0 Å². The Hall–Kier alpha value is -1.75. The standard InChI is InChI=1S/C12H17N3O2/c1-14-7-8-15(12(14)16)10-2-4-11(5-3-10)17-9-6-13/h2-5H,6-9,13H2,1H3. The van der Waals surface area contributed by atoms with Crippen molar-refractivity contribution in [2.45, 2.75) is 0 Å². The topological polar surface area (TPSA) is 58.8 Å². The monoisotopic (exact) mass is 235 g/mol. The summed E-state index contributed by atoms with van der Waals surface area (Å²) in [5, 5.41) is 0. The number of carbonyl (C=O) groups is 1. The molecule has 1 saturated heterocycles. The summed E-state index contributed by atoms with van der Waals surface area (Å²) in [7, 11) is 1.81. The average Bonchev–Trinajstić information content (AvgIpc) is 2.68. The van der Waals surface area contributed by atoms with E-state index in [0.29, 0.717) is 13.2 Å². The summed E-state index contributed by atoms with van der Waals surface area (Å²) in [4.78, 5) is 15.2. The molecule has 2 N–H and O–H groups in total. The van der Waals surface area contributed by atoms with Crippen LogP contribution in [-0.4, -0.2) is 44.2 Å². The fraction of sp³-hybridized carbons (Fsp3) is 0.417. The second-order valence-corrected chi connectivity index (χ2v) is 3.99. The number of carbonyl (C=O) groups excluding carboxylic acids is 1. The quantitative estimate of drug-likeness (QED) is 0.843. The van der Waals surface area contributed by atoms with Crippen molar-refractivity contribution < 1.29 is 9.53 Å². The van der Waals surface area contributed by atoms with Crippen LogP contribution in [0.4, 0.5) is 10.5 Å². The smallest absolute Gasteiger partial charge is 0.324 e. The fourth-order valence-corrected chi connectivity index (χ4v) is 1.79. The number of rotatable bonds is 4. The highest BCUT2D eigenvalue weighted by atomic mass is 16.5. The molecule has 5 heteroatoms. The predicted molar refractivity (Wildman–Crippen MR) is 66.4 cm³/mol. The van der Waals surface area contributed by atoms with E-state index < -0.39 is 0 Å². The molecule has 1 aromatic rings. The first-order chi connectivity index (χ1) is 8.22. The second-order valence-electron chi connectivity index (χ2n) is 3.99. The van der Waals surface area contributed by atoms with Crippen LogP contribution in [0.2, 0.25) is 0 Å². The van der Waals surface area contributed by atoms with Crippen molar-refractivity contribution >= 4 is 11.7 Å². The summed E-state index contributed by atoms with van der Waals surface area (Å²) in [6, 6.07) is 7.54. The van der Waals surface area contributed by atoms with Crippen LogP contribution in [0.1, 0.15) is 0 Å². The normalized spacial score (nSPS) is 15.5. The van der Waals surface area contributed by atoms with Gasteiger partial charge in [0.15, 0.2) is 0 Å². The lowest BCUT2D eigenvalue weighted by Gasteiger charge is -2.16. The Kier molecular flexibility index (Phi) is 3.49. The summed E-state index contributed by atoms with van der Waals surface area (Å²) >= 11 is 0. The molecule has 1 aliphatic heterocycles. The largest absolute Gasteiger partial charge is 0.492 e. The van der Waals surface area contributed by atoms with Gasteiger partial charge in [0.1, 0.15) is 12.4 Å².